The summed E-state index contributed by atoms with van der Waals surface area (Å²) in [6, 6.07) is 0. The van der Waals surface area contributed by atoms with Crippen LogP contribution >= 0.6 is 23.5 Å². The summed E-state index contributed by atoms with van der Waals surface area (Å²) in [5.74, 6) is 1.95. The average molecular weight is 282 g/mol. The molecule has 2 aliphatic rings. The van der Waals surface area contributed by atoms with Crippen molar-refractivity contribution in [1.29, 1.82) is 0 Å². The minimum Gasteiger partial charge on any atom is -0.309 e. The molecule has 18 heavy (non-hydrogen) atoms. The van der Waals surface area contributed by atoms with Crippen molar-refractivity contribution in [2.24, 2.45) is 0 Å². The maximum Gasteiger partial charge on any atom is 0.254 e. The average Bonchev–Trinajstić information content (AvgIpc) is 2.81. The Balaban J connectivity index is 1.89. The Labute approximate surface area is 116 Å². The molecule has 0 spiro atoms. The molecule has 3 unspecified atom stereocenters. The van der Waals surface area contributed by atoms with E-state index in [1.54, 1.807) is 0 Å². The number of hydrogen-bond acceptors (Lipinski definition) is 4. The van der Waals surface area contributed by atoms with Crippen molar-refractivity contribution < 1.29 is 0 Å². The highest BCUT2D eigenvalue weighted by Crippen LogP contribution is 2.43. The molecule has 0 radical (unpaired) electrons. The number of fused-ring (bicyclic) bond motifs is 1. The van der Waals surface area contributed by atoms with E-state index >= 15 is 0 Å². The van der Waals surface area contributed by atoms with Crippen molar-refractivity contribution in [1.82, 2.24) is 9.97 Å². The van der Waals surface area contributed by atoms with Crippen LogP contribution in [-0.2, 0) is 12.8 Å². The van der Waals surface area contributed by atoms with Gasteiger partial charge in [-0.05, 0) is 19.3 Å². The maximum absolute atomic E-state index is 12.0. The highest BCUT2D eigenvalue weighted by atomic mass is 32.2. The fourth-order valence-electron chi connectivity index (χ4n) is 2.54. The summed E-state index contributed by atoms with van der Waals surface area (Å²) >= 11 is 3.93. The summed E-state index contributed by atoms with van der Waals surface area (Å²) in [6.07, 6.45) is 2.95. The Bertz CT molecular complexity index is 514. The lowest BCUT2D eigenvalue weighted by atomic mass is 10.2. The fourth-order valence-corrected chi connectivity index (χ4v) is 5.41. The Hall–Kier alpha value is -0.420. The van der Waals surface area contributed by atoms with Crippen LogP contribution in [0.4, 0.5) is 0 Å². The first kappa shape index (κ1) is 12.6. The van der Waals surface area contributed by atoms with Gasteiger partial charge in [-0.1, -0.05) is 13.8 Å². The summed E-state index contributed by atoms with van der Waals surface area (Å²) in [4.78, 5) is 19.7. The molecule has 1 saturated heterocycles. The number of nitrogens with one attached hydrogen (secondary N) is 1. The van der Waals surface area contributed by atoms with Crippen molar-refractivity contribution >= 4 is 23.5 Å². The molecule has 1 aliphatic carbocycles. The van der Waals surface area contributed by atoms with E-state index in [1.165, 1.54) is 0 Å². The highest BCUT2D eigenvalue weighted by molar-refractivity contribution is 8.07. The van der Waals surface area contributed by atoms with E-state index < -0.39 is 0 Å². The van der Waals surface area contributed by atoms with Gasteiger partial charge < -0.3 is 4.98 Å². The van der Waals surface area contributed by atoms with Crippen molar-refractivity contribution in [2.75, 3.05) is 5.75 Å². The number of aromatic nitrogens is 2. The van der Waals surface area contributed by atoms with Gasteiger partial charge in [0.25, 0.3) is 5.56 Å². The van der Waals surface area contributed by atoms with Gasteiger partial charge in [0.2, 0.25) is 0 Å². The number of thioether (sulfide) groups is 2. The van der Waals surface area contributed by atoms with Crippen LogP contribution < -0.4 is 5.56 Å². The predicted molar refractivity (Wildman–Crippen MR) is 78.6 cm³/mol. The SMILES string of the molecule is CC1SCC(c2nc3c(c(=O)[nH]2)CCC3)SC1C. The van der Waals surface area contributed by atoms with Gasteiger partial charge in [-0.2, -0.15) is 11.8 Å². The quantitative estimate of drug-likeness (QED) is 0.860. The van der Waals surface area contributed by atoms with Crippen molar-refractivity contribution in [3.8, 4) is 0 Å². The number of aryl methyl sites for hydroxylation is 1. The topological polar surface area (TPSA) is 45.8 Å². The van der Waals surface area contributed by atoms with Crippen LogP contribution in [-0.4, -0.2) is 26.2 Å². The second-order valence-electron chi connectivity index (χ2n) is 5.10. The second-order valence-corrected chi connectivity index (χ2v) is 8.09. The Morgan fingerprint density at radius 2 is 2.11 bits per heavy atom. The van der Waals surface area contributed by atoms with E-state index in [0.717, 1.165) is 42.1 Å². The van der Waals surface area contributed by atoms with E-state index in [4.69, 9.17) is 4.98 Å². The summed E-state index contributed by atoms with van der Waals surface area (Å²) in [7, 11) is 0. The standard InChI is InChI=1S/C13H18N2OS2/c1-7-8(2)18-11(6-17-7)12-14-10-5-3-4-9(10)13(16)15-12/h7-8,11H,3-6H2,1-2H3,(H,14,15,16). The van der Waals surface area contributed by atoms with Crippen LogP contribution in [0.15, 0.2) is 4.79 Å². The number of nitrogens with zero attached hydrogens (tertiary/aromatic N) is 1. The van der Waals surface area contributed by atoms with Gasteiger partial charge in [-0.3, -0.25) is 4.79 Å². The molecule has 0 aromatic carbocycles. The van der Waals surface area contributed by atoms with Gasteiger partial charge in [-0.25, -0.2) is 4.98 Å². The smallest absolute Gasteiger partial charge is 0.254 e. The molecule has 98 valence electrons. The van der Waals surface area contributed by atoms with E-state index in [0.29, 0.717) is 15.7 Å². The van der Waals surface area contributed by atoms with Crippen molar-refractivity contribution in [2.45, 2.75) is 48.9 Å². The summed E-state index contributed by atoms with van der Waals surface area (Å²) in [5, 5.41) is 1.65. The van der Waals surface area contributed by atoms with Crippen LogP contribution in [0.2, 0.25) is 0 Å². The zero-order valence-electron chi connectivity index (χ0n) is 10.7. The van der Waals surface area contributed by atoms with Gasteiger partial charge in [-0.15, -0.1) is 11.8 Å². The number of H-pyrrole nitrogens is 1. The van der Waals surface area contributed by atoms with Gasteiger partial charge in [0, 0.05) is 21.8 Å². The number of aromatic amines is 1. The molecule has 3 atom stereocenters. The molecule has 3 nitrogen and oxygen atoms in total. The van der Waals surface area contributed by atoms with Crippen LogP contribution in [0.1, 0.15) is 42.6 Å². The first-order chi connectivity index (χ1) is 8.65. The molecule has 1 fully saturated rings. The normalized spacial score (nSPS) is 31.3. The third-order valence-electron chi connectivity index (χ3n) is 3.82. The minimum absolute atomic E-state index is 0.101. The molecule has 0 amide bonds. The number of rotatable bonds is 1. The van der Waals surface area contributed by atoms with Crippen LogP contribution in [0, 0.1) is 0 Å². The number of hydrogen-bond donors (Lipinski definition) is 1. The molecule has 1 N–H and O–H groups in total. The summed E-state index contributed by atoms with van der Waals surface area (Å²) < 4.78 is 0. The second kappa shape index (κ2) is 4.93. The van der Waals surface area contributed by atoms with E-state index in [-0.39, 0.29) is 5.56 Å². The Morgan fingerprint density at radius 1 is 1.28 bits per heavy atom. The molecule has 5 heteroatoms. The molecule has 3 rings (SSSR count). The van der Waals surface area contributed by atoms with E-state index in [9.17, 15) is 4.79 Å². The molecular formula is C13H18N2OS2. The predicted octanol–water partition coefficient (Wildman–Crippen LogP) is 2.56. The largest absolute Gasteiger partial charge is 0.309 e. The highest BCUT2D eigenvalue weighted by Gasteiger charge is 2.29. The Morgan fingerprint density at radius 3 is 2.89 bits per heavy atom. The minimum atomic E-state index is 0.101. The molecule has 1 aromatic rings. The third kappa shape index (κ3) is 2.23. The van der Waals surface area contributed by atoms with Gasteiger partial charge in [0.15, 0.2) is 0 Å². The van der Waals surface area contributed by atoms with Crippen LogP contribution in [0.3, 0.4) is 0 Å². The first-order valence-corrected chi connectivity index (χ1v) is 8.53. The Kier molecular flexibility index (Phi) is 3.45. The molecule has 1 aliphatic heterocycles. The van der Waals surface area contributed by atoms with E-state index in [1.807, 2.05) is 23.5 Å². The van der Waals surface area contributed by atoms with Crippen LogP contribution in [0.5, 0.6) is 0 Å². The van der Waals surface area contributed by atoms with E-state index in [2.05, 4.69) is 18.8 Å². The first-order valence-electron chi connectivity index (χ1n) is 6.54. The van der Waals surface area contributed by atoms with Crippen molar-refractivity contribution in [3.63, 3.8) is 0 Å². The maximum atomic E-state index is 12.0. The lowest BCUT2D eigenvalue weighted by Gasteiger charge is -2.30. The van der Waals surface area contributed by atoms with Crippen LogP contribution in [0.25, 0.3) is 0 Å². The zero-order valence-corrected chi connectivity index (χ0v) is 12.4. The van der Waals surface area contributed by atoms with Crippen molar-refractivity contribution in [3.05, 3.63) is 27.4 Å². The fraction of sp³-hybridized carbons (Fsp3) is 0.692. The molecule has 2 heterocycles. The van der Waals surface area contributed by atoms with Gasteiger partial charge >= 0.3 is 0 Å². The summed E-state index contributed by atoms with van der Waals surface area (Å²) in [6.45, 7) is 4.54. The lowest BCUT2D eigenvalue weighted by molar-refractivity contribution is 0.834. The zero-order chi connectivity index (χ0) is 12.7. The molecule has 0 saturated carbocycles. The molecule has 1 aromatic heterocycles. The third-order valence-corrected chi connectivity index (χ3v) is 7.21. The molecule has 0 bridgehead atoms. The summed E-state index contributed by atoms with van der Waals surface area (Å²) in [5.41, 5.74) is 2.07. The van der Waals surface area contributed by atoms with Gasteiger partial charge in [0.05, 0.1) is 10.9 Å². The van der Waals surface area contributed by atoms with Gasteiger partial charge in [0.1, 0.15) is 5.82 Å². The lowest BCUT2D eigenvalue weighted by Crippen LogP contribution is -2.25. The molecular weight excluding hydrogens is 264 g/mol. The monoisotopic (exact) mass is 282 g/mol.